The summed E-state index contributed by atoms with van der Waals surface area (Å²) in [5.41, 5.74) is 4.94. The van der Waals surface area contributed by atoms with Crippen molar-refractivity contribution in [3.63, 3.8) is 0 Å². The van der Waals surface area contributed by atoms with E-state index in [0.717, 1.165) is 94.7 Å². The first-order valence-corrected chi connectivity index (χ1v) is 22.2. The molecular formula is C45H53ClN6O7S. The molecule has 2 fully saturated rings. The van der Waals surface area contributed by atoms with E-state index in [9.17, 15) is 23.3 Å². The summed E-state index contributed by atoms with van der Waals surface area (Å²) in [4.78, 5) is 31.9. The lowest BCUT2D eigenvalue weighted by Gasteiger charge is -2.39. The fourth-order valence-corrected chi connectivity index (χ4v) is 9.37. The molecule has 15 heteroatoms. The number of hydrogen-bond donors (Lipinski definition) is 2. The number of benzene rings is 4. The second kappa shape index (κ2) is 18.2. The molecule has 2 saturated heterocycles. The molecule has 1 aliphatic carbocycles. The first-order valence-electron chi connectivity index (χ1n) is 20.4. The lowest BCUT2D eigenvalue weighted by atomic mass is 9.72. The number of nitro groups is 1. The third-order valence-corrected chi connectivity index (χ3v) is 13.4. The molecule has 4 aromatic carbocycles. The number of hydrogen-bond acceptors (Lipinski definition) is 11. The number of sulfonamides is 1. The van der Waals surface area contributed by atoms with Crippen LogP contribution in [0.2, 0.25) is 5.02 Å². The molecule has 13 nitrogen and oxygen atoms in total. The zero-order valence-electron chi connectivity index (χ0n) is 34.6. The maximum atomic E-state index is 13.9. The number of piperidine rings is 1. The Morgan fingerprint density at radius 3 is 2.30 bits per heavy atom. The van der Waals surface area contributed by atoms with Gasteiger partial charge in [-0.1, -0.05) is 55.3 Å². The predicted molar refractivity (Wildman–Crippen MR) is 236 cm³/mol. The van der Waals surface area contributed by atoms with E-state index >= 15 is 0 Å². The number of allylic oxidation sites excluding steroid dienone is 1. The maximum Gasteiger partial charge on any atom is 0.293 e. The molecule has 0 bridgehead atoms. The van der Waals surface area contributed by atoms with E-state index in [1.165, 1.54) is 36.0 Å². The molecule has 4 aromatic rings. The van der Waals surface area contributed by atoms with E-state index in [2.05, 4.69) is 50.7 Å². The number of piperazine rings is 1. The minimum Gasteiger partial charge on any atom is -0.493 e. The highest BCUT2D eigenvalue weighted by Crippen LogP contribution is 2.44. The number of carbonyl (C=O) groups excluding carboxylic acids is 1. The number of rotatable bonds is 13. The van der Waals surface area contributed by atoms with Crippen LogP contribution >= 0.6 is 11.6 Å². The molecule has 7 rings (SSSR count). The van der Waals surface area contributed by atoms with Crippen LogP contribution in [0.25, 0.3) is 5.57 Å². The summed E-state index contributed by atoms with van der Waals surface area (Å²) in [7, 11) is -1.02. The number of amides is 1. The lowest BCUT2D eigenvalue weighted by molar-refractivity contribution is -0.384. The molecule has 0 aromatic heterocycles. The van der Waals surface area contributed by atoms with Gasteiger partial charge in [-0.15, -0.1) is 0 Å². The highest BCUT2D eigenvalue weighted by atomic mass is 35.5. The van der Waals surface area contributed by atoms with Gasteiger partial charge in [0.1, 0.15) is 11.4 Å². The standard InChI is InChI=1S/C45H53ClN6O7S/c1-45(2)20-17-32(38(29-45)31-9-11-33(46)12-10-31)30-50-23-25-51(26-24-50)35-13-15-37(43(27-35)59-42-8-6-5-7-41(42)58-4)44(53)48-60(56,57)36-14-16-39(40(28-36)52(54)55)47-34-18-21-49(3)22-19-34/h5-16,27-28,34,47H,17-26,29-30H2,1-4H3,(H,48,53). The predicted octanol–water partition coefficient (Wildman–Crippen LogP) is 8.46. The van der Waals surface area contributed by atoms with Gasteiger partial charge in [-0.3, -0.25) is 19.8 Å². The lowest BCUT2D eigenvalue weighted by Crippen LogP contribution is -2.47. The van der Waals surface area contributed by atoms with Gasteiger partial charge in [-0.25, -0.2) is 13.1 Å². The summed E-state index contributed by atoms with van der Waals surface area (Å²) >= 11 is 6.24. The largest absolute Gasteiger partial charge is 0.493 e. The van der Waals surface area contributed by atoms with Crippen molar-refractivity contribution < 1.29 is 27.6 Å². The number of nitro benzene ring substituents is 1. The maximum absolute atomic E-state index is 13.9. The first kappa shape index (κ1) is 43.0. The zero-order chi connectivity index (χ0) is 42.6. The summed E-state index contributed by atoms with van der Waals surface area (Å²) in [6.07, 6.45) is 4.79. The number of nitrogens with zero attached hydrogens (tertiary/aromatic N) is 4. The highest BCUT2D eigenvalue weighted by molar-refractivity contribution is 7.90. The Morgan fingerprint density at radius 2 is 1.62 bits per heavy atom. The fraction of sp³-hybridized carbons (Fsp3) is 0.400. The van der Waals surface area contributed by atoms with Gasteiger partial charge in [0.2, 0.25) is 0 Å². The van der Waals surface area contributed by atoms with E-state index in [4.69, 9.17) is 21.1 Å². The first-order chi connectivity index (χ1) is 28.7. The Morgan fingerprint density at radius 1 is 0.917 bits per heavy atom. The van der Waals surface area contributed by atoms with Gasteiger partial charge in [-0.05, 0) is 117 Å². The van der Waals surface area contributed by atoms with E-state index in [1.807, 2.05) is 19.2 Å². The van der Waals surface area contributed by atoms with E-state index in [0.29, 0.717) is 11.5 Å². The Kier molecular flexibility index (Phi) is 13.0. The third kappa shape index (κ3) is 10.2. The summed E-state index contributed by atoms with van der Waals surface area (Å²) in [6.45, 7) is 10.3. The normalized spacial score (nSPS) is 17.9. The number of ether oxygens (including phenoxy) is 2. The van der Waals surface area contributed by atoms with Crippen LogP contribution in [0.1, 0.15) is 61.9 Å². The van der Waals surface area contributed by atoms with E-state index in [-0.39, 0.29) is 28.5 Å². The molecule has 2 N–H and O–H groups in total. The smallest absolute Gasteiger partial charge is 0.293 e. The molecule has 0 atom stereocenters. The molecular weight excluding hydrogens is 804 g/mol. The van der Waals surface area contributed by atoms with Gasteiger partial charge in [0.15, 0.2) is 11.5 Å². The van der Waals surface area contributed by atoms with Crippen LogP contribution in [-0.4, -0.2) is 95.1 Å². The minimum atomic E-state index is -4.55. The SMILES string of the molecule is COc1ccccc1Oc1cc(N2CCN(CC3=C(c4ccc(Cl)cc4)CC(C)(C)CC3)CC2)ccc1C(=O)NS(=O)(=O)c1ccc(NC2CCN(C)CC2)c([N+](=O)[O-])c1. The van der Waals surface area contributed by atoms with Crippen molar-refractivity contribution in [1.29, 1.82) is 0 Å². The third-order valence-electron chi connectivity index (χ3n) is 11.8. The highest BCUT2D eigenvalue weighted by Gasteiger charge is 2.31. The number of nitrogens with one attached hydrogen (secondary N) is 2. The van der Waals surface area contributed by atoms with Gasteiger partial charge in [0.05, 0.1) is 22.5 Å². The summed E-state index contributed by atoms with van der Waals surface area (Å²) in [6, 6.07) is 23.8. The number of para-hydroxylation sites is 2. The molecule has 0 spiro atoms. The summed E-state index contributed by atoms with van der Waals surface area (Å²) in [5.74, 6) is -0.0657. The average Bonchev–Trinajstić information content (AvgIpc) is 3.23. The molecule has 3 aliphatic rings. The van der Waals surface area contributed by atoms with Crippen LogP contribution in [0, 0.1) is 15.5 Å². The second-order valence-electron chi connectivity index (χ2n) is 16.7. The van der Waals surface area contributed by atoms with Crippen LogP contribution in [-0.2, 0) is 10.0 Å². The Balaban J connectivity index is 1.09. The average molecular weight is 857 g/mol. The van der Waals surface area contributed by atoms with Crippen molar-refractivity contribution >= 4 is 50.2 Å². The quantitative estimate of drug-likeness (QED) is 0.0987. The van der Waals surface area contributed by atoms with Gasteiger partial charge in [0, 0.05) is 61.6 Å². The van der Waals surface area contributed by atoms with Gasteiger partial charge >= 0.3 is 0 Å². The van der Waals surface area contributed by atoms with Crippen molar-refractivity contribution in [3.8, 4) is 17.2 Å². The molecule has 0 saturated carbocycles. The fourth-order valence-electron chi connectivity index (χ4n) is 8.26. The molecule has 2 aliphatic heterocycles. The molecule has 318 valence electrons. The summed E-state index contributed by atoms with van der Waals surface area (Å²) < 4.78 is 41.3. The van der Waals surface area contributed by atoms with Crippen molar-refractivity contribution in [2.24, 2.45) is 5.41 Å². The number of methoxy groups -OCH3 is 1. The molecule has 60 heavy (non-hydrogen) atoms. The number of anilines is 2. The van der Waals surface area contributed by atoms with Crippen LogP contribution in [0.15, 0.2) is 95.4 Å². The monoisotopic (exact) mass is 856 g/mol. The molecule has 0 unspecified atom stereocenters. The van der Waals surface area contributed by atoms with Crippen molar-refractivity contribution in [1.82, 2.24) is 14.5 Å². The second-order valence-corrected chi connectivity index (χ2v) is 18.8. The zero-order valence-corrected chi connectivity index (χ0v) is 36.2. The van der Waals surface area contributed by atoms with Gasteiger partial charge in [0.25, 0.3) is 21.6 Å². The van der Waals surface area contributed by atoms with Gasteiger partial charge in [-0.2, -0.15) is 0 Å². The van der Waals surface area contributed by atoms with Crippen LogP contribution < -0.4 is 24.4 Å². The number of halogens is 1. The van der Waals surface area contributed by atoms with Crippen LogP contribution in [0.5, 0.6) is 17.2 Å². The van der Waals surface area contributed by atoms with E-state index in [1.54, 1.807) is 42.5 Å². The summed E-state index contributed by atoms with van der Waals surface area (Å²) in [5, 5.41) is 16.1. The van der Waals surface area contributed by atoms with Crippen molar-refractivity contribution in [2.75, 3.05) is 70.2 Å². The number of carbonyl (C=O) groups is 1. The number of likely N-dealkylation sites (tertiary alicyclic amines) is 1. The Hall–Kier alpha value is -5.15. The van der Waals surface area contributed by atoms with E-state index < -0.39 is 31.4 Å². The molecule has 2 heterocycles. The molecule has 0 radical (unpaired) electrons. The van der Waals surface area contributed by atoms with Crippen LogP contribution in [0.3, 0.4) is 0 Å². The Bertz CT molecular complexity index is 2360. The van der Waals surface area contributed by atoms with Gasteiger partial charge < -0.3 is 24.6 Å². The Labute approximate surface area is 357 Å². The molecule has 1 amide bonds. The topological polar surface area (TPSA) is 147 Å². The minimum absolute atomic E-state index is 0.0107. The van der Waals surface area contributed by atoms with Crippen molar-refractivity contribution in [2.45, 2.75) is 56.9 Å². The van der Waals surface area contributed by atoms with Crippen molar-refractivity contribution in [3.05, 3.63) is 117 Å². The van der Waals surface area contributed by atoms with Crippen LogP contribution in [0.4, 0.5) is 17.1 Å².